The number of alkyl halides is 3. The smallest absolute Gasteiger partial charge is 0.416 e. The number of anilines is 1. The zero-order valence-corrected chi connectivity index (χ0v) is 12.7. The van der Waals surface area contributed by atoms with Crippen LogP contribution in [0.15, 0.2) is 36.4 Å². The van der Waals surface area contributed by atoms with Crippen LogP contribution in [0.3, 0.4) is 0 Å². The van der Waals surface area contributed by atoms with Gasteiger partial charge in [0, 0.05) is 5.69 Å². The summed E-state index contributed by atoms with van der Waals surface area (Å²) in [5.74, 6) is -2.04. The van der Waals surface area contributed by atoms with Crippen LogP contribution in [0.25, 0.3) is 0 Å². The molecular weight excluding hydrogens is 352 g/mol. The third kappa shape index (κ3) is 4.36. The topological polar surface area (TPSA) is 64.4 Å². The molecule has 2 rings (SSSR count). The predicted molar refractivity (Wildman–Crippen MR) is 80.6 cm³/mol. The number of benzene rings is 2. The Bertz CT molecular complexity index is 725. The van der Waals surface area contributed by atoms with Gasteiger partial charge in [0.2, 0.25) is 5.91 Å². The van der Waals surface area contributed by atoms with Gasteiger partial charge < -0.3 is 15.8 Å². The number of ether oxygens (including phenoxy) is 1. The van der Waals surface area contributed by atoms with Crippen molar-refractivity contribution in [2.75, 3.05) is 11.9 Å². The van der Waals surface area contributed by atoms with E-state index in [0.717, 1.165) is 0 Å². The summed E-state index contributed by atoms with van der Waals surface area (Å²) in [6, 6.07) is 6.57. The first-order valence-electron chi connectivity index (χ1n) is 6.55. The third-order valence-corrected chi connectivity index (χ3v) is 3.15. The molecule has 0 saturated carbocycles. The van der Waals surface area contributed by atoms with Gasteiger partial charge in [-0.1, -0.05) is 11.6 Å². The van der Waals surface area contributed by atoms with Gasteiger partial charge in [0.05, 0.1) is 17.1 Å². The van der Waals surface area contributed by atoms with Crippen LogP contribution in [-0.4, -0.2) is 12.5 Å². The summed E-state index contributed by atoms with van der Waals surface area (Å²) < 4.78 is 56.8. The lowest BCUT2D eigenvalue weighted by atomic mass is 10.2. The zero-order valence-electron chi connectivity index (χ0n) is 12.0. The SMILES string of the molecule is NCC(=O)Nc1ccc(Oc2c(F)cc(C(F)(F)F)cc2Cl)cc1. The second kappa shape index (κ2) is 7.06. The lowest BCUT2D eigenvalue weighted by Crippen LogP contribution is -2.21. The Morgan fingerprint density at radius 1 is 1.21 bits per heavy atom. The fraction of sp³-hybridized carbons (Fsp3) is 0.133. The molecule has 0 radical (unpaired) electrons. The predicted octanol–water partition coefficient (Wildman–Crippen LogP) is 4.19. The molecule has 0 spiro atoms. The number of amides is 1. The van der Waals surface area contributed by atoms with Gasteiger partial charge in [0.15, 0.2) is 11.6 Å². The van der Waals surface area contributed by atoms with Crippen molar-refractivity contribution >= 4 is 23.2 Å². The number of carbonyl (C=O) groups excluding carboxylic acids is 1. The van der Waals surface area contributed by atoms with E-state index < -0.39 is 34.2 Å². The van der Waals surface area contributed by atoms with Gasteiger partial charge in [-0.25, -0.2) is 4.39 Å². The van der Waals surface area contributed by atoms with Crippen LogP contribution in [0.5, 0.6) is 11.5 Å². The second-order valence-corrected chi connectivity index (χ2v) is 5.05. The number of nitrogens with two attached hydrogens (primary N) is 1. The van der Waals surface area contributed by atoms with Crippen molar-refractivity contribution in [1.82, 2.24) is 0 Å². The first-order valence-corrected chi connectivity index (χ1v) is 6.92. The minimum atomic E-state index is -4.72. The van der Waals surface area contributed by atoms with Crippen molar-refractivity contribution in [3.05, 3.63) is 52.8 Å². The largest absolute Gasteiger partial charge is 0.453 e. The van der Waals surface area contributed by atoms with Crippen molar-refractivity contribution in [2.45, 2.75) is 6.18 Å². The van der Waals surface area contributed by atoms with Crippen LogP contribution < -0.4 is 15.8 Å². The molecule has 2 aromatic rings. The first kappa shape index (κ1) is 18.0. The maximum absolute atomic E-state index is 13.8. The highest BCUT2D eigenvalue weighted by Gasteiger charge is 2.32. The molecule has 0 atom stereocenters. The van der Waals surface area contributed by atoms with Crippen LogP contribution in [0.1, 0.15) is 5.56 Å². The van der Waals surface area contributed by atoms with Crippen LogP contribution in [0.4, 0.5) is 23.2 Å². The van der Waals surface area contributed by atoms with E-state index in [0.29, 0.717) is 17.8 Å². The normalized spacial score (nSPS) is 11.2. The number of hydrogen-bond acceptors (Lipinski definition) is 3. The molecule has 0 fully saturated rings. The molecule has 0 bridgehead atoms. The monoisotopic (exact) mass is 362 g/mol. The van der Waals surface area contributed by atoms with Crippen molar-refractivity contribution in [3.63, 3.8) is 0 Å². The van der Waals surface area contributed by atoms with Gasteiger partial charge in [-0.2, -0.15) is 13.2 Å². The molecule has 0 aliphatic heterocycles. The maximum atomic E-state index is 13.8. The van der Waals surface area contributed by atoms with E-state index in [2.05, 4.69) is 5.32 Å². The molecule has 24 heavy (non-hydrogen) atoms. The molecular formula is C15H11ClF4N2O2. The van der Waals surface area contributed by atoms with E-state index in [4.69, 9.17) is 22.1 Å². The molecule has 2 aromatic carbocycles. The summed E-state index contributed by atoms with van der Waals surface area (Å²) in [4.78, 5) is 11.1. The number of halogens is 5. The Balaban J connectivity index is 2.21. The second-order valence-electron chi connectivity index (χ2n) is 4.65. The Hall–Kier alpha value is -2.32. The molecule has 4 nitrogen and oxygen atoms in total. The van der Waals surface area contributed by atoms with Crippen molar-refractivity contribution in [3.8, 4) is 11.5 Å². The van der Waals surface area contributed by atoms with Gasteiger partial charge in [0.25, 0.3) is 0 Å². The summed E-state index contributed by atoms with van der Waals surface area (Å²) >= 11 is 5.67. The fourth-order valence-electron chi connectivity index (χ4n) is 1.76. The van der Waals surface area contributed by atoms with Crippen LogP contribution in [0.2, 0.25) is 5.02 Å². The lowest BCUT2D eigenvalue weighted by molar-refractivity contribution is -0.137. The van der Waals surface area contributed by atoms with E-state index in [1.807, 2.05) is 0 Å². The minimum Gasteiger partial charge on any atom is -0.453 e. The summed E-state index contributed by atoms with van der Waals surface area (Å²) in [5.41, 5.74) is 4.37. The summed E-state index contributed by atoms with van der Waals surface area (Å²) in [6.45, 7) is -0.190. The molecule has 1 amide bonds. The van der Waals surface area contributed by atoms with Gasteiger partial charge in [0.1, 0.15) is 5.75 Å². The maximum Gasteiger partial charge on any atom is 0.416 e. The number of carbonyl (C=O) groups is 1. The van der Waals surface area contributed by atoms with E-state index in [1.54, 1.807) is 0 Å². The van der Waals surface area contributed by atoms with Gasteiger partial charge in [-0.15, -0.1) is 0 Å². The van der Waals surface area contributed by atoms with E-state index in [-0.39, 0.29) is 12.3 Å². The standard InChI is InChI=1S/C15H11ClF4N2O2/c16-11-5-8(15(18,19)20)6-12(17)14(11)24-10-3-1-9(2-4-10)22-13(23)7-21/h1-6H,7,21H2,(H,22,23). The molecule has 0 unspecified atom stereocenters. The van der Waals surface area contributed by atoms with Crippen molar-refractivity contribution < 1.29 is 27.1 Å². The quantitative estimate of drug-likeness (QED) is 0.802. The van der Waals surface area contributed by atoms with Gasteiger partial charge in [-0.05, 0) is 36.4 Å². The Morgan fingerprint density at radius 2 is 1.83 bits per heavy atom. The van der Waals surface area contributed by atoms with Crippen LogP contribution >= 0.6 is 11.6 Å². The van der Waals surface area contributed by atoms with Crippen molar-refractivity contribution in [1.29, 1.82) is 0 Å². The minimum absolute atomic E-state index is 0.126. The average Bonchev–Trinajstić information content (AvgIpc) is 2.51. The fourth-order valence-corrected chi connectivity index (χ4v) is 2.00. The molecule has 128 valence electrons. The van der Waals surface area contributed by atoms with Gasteiger partial charge >= 0.3 is 6.18 Å². The lowest BCUT2D eigenvalue weighted by Gasteiger charge is -2.13. The molecule has 0 aliphatic rings. The Labute approximate surface area is 139 Å². The summed E-state index contributed by atoms with van der Waals surface area (Å²) in [5, 5.41) is 1.97. The zero-order chi connectivity index (χ0) is 17.9. The van der Waals surface area contributed by atoms with E-state index >= 15 is 0 Å². The van der Waals surface area contributed by atoms with Crippen LogP contribution in [0, 0.1) is 5.82 Å². The highest BCUT2D eigenvalue weighted by molar-refractivity contribution is 6.32. The number of rotatable bonds is 4. The average molecular weight is 363 g/mol. The molecule has 9 heteroatoms. The number of hydrogen-bond donors (Lipinski definition) is 2. The molecule has 0 aromatic heterocycles. The Kier molecular flexibility index (Phi) is 5.30. The Morgan fingerprint density at radius 3 is 2.33 bits per heavy atom. The summed E-state index contributed by atoms with van der Waals surface area (Å²) in [6.07, 6.45) is -4.72. The molecule has 0 aliphatic carbocycles. The van der Waals surface area contributed by atoms with Crippen molar-refractivity contribution in [2.24, 2.45) is 5.73 Å². The highest BCUT2D eigenvalue weighted by Crippen LogP contribution is 2.38. The molecule has 0 saturated heterocycles. The first-order chi connectivity index (χ1) is 11.2. The molecule has 0 heterocycles. The van der Waals surface area contributed by atoms with Gasteiger partial charge in [-0.3, -0.25) is 4.79 Å². The third-order valence-electron chi connectivity index (χ3n) is 2.87. The highest BCUT2D eigenvalue weighted by atomic mass is 35.5. The van der Waals surface area contributed by atoms with E-state index in [9.17, 15) is 22.4 Å². The number of nitrogens with one attached hydrogen (secondary N) is 1. The van der Waals surface area contributed by atoms with E-state index in [1.165, 1.54) is 24.3 Å². The molecule has 3 N–H and O–H groups in total. The van der Waals surface area contributed by atoms with Crippen LogP contribution in [-0.2, 0) is 11.0 Å². The summed E-state index contributed by atoms with van der Waals surface area (Å²) in [7, 11) is 0.